The molecule has 0 radical (unpaired) electrons. The highest BCUT2D eigenvalue weighted by atomic mass is 79.9. The molecular weight excluding hydrogens is 356 g/mol. The first-order valence-corrected chi connectivity index (χ1v) is 8.12. The van der Waals surface area contributed by atoms with Crippen molar-refractivity contribution < 1.29 is 9.53 Å². The standard InChI is InChI=1S/C18H17BrN2O2/c1-12-20-16-9-8-14(19)10-15(16)18(13-6-4-3-5-7-13)21(12)11-17(22)23-2/h3-10,18H,11H2,1-2H3/t18-/m1/s1. The van der Waals surface area contributed by atoms with Crippen LogP contribution in [-0.2, 0) is 9.53 Å². The van der Waals surface area contributed by atoms with Crippen LogP contribution in [0.25, 0.3) is 0 Å². The average Bonchev–Trinajstić information content (AvgIpc) is 2.56. The molecule has 0 N–H and O–H groups in total. The summed E-state index contributed by atoms with van der Waals surface area (Å²) in [4.78, 5) is 18.5. The fourth-order valence-corrected chi connectivity index (χ4v) is 3.22. The van der Waals surface area contributed by atoms with Crippen LogP contribution in [0, 0.1) is 0 Å². The number of fused-ring (bicyclic) bond motifs is 1. The molecule has 0 saturated carbocycles. The Morgan fingerprint density at radius 3 is 2.70 bits per heavy atom. The van der Waals surface area contributed by atoms with Crippen molar-refractivity contribution in [3.05, 3.63) is 64.1 Å². The molecule has 1 heterocycles. The van der Waals surface area contributed by atoms with Crippen LogP contribution >= 0.6 is 15.9 Å². The van der Waals surface area contributed by atoms with E-state index in [1.807, 2.05) is 42.2 Å². The van der Waals surface area contributed by atoms with Crippen molar-refractivity contribution in [1.29, 1.82) is 0 Å². The number of carbonyl (C=O) groups is 1. The summed E-state index contributed by atoms with van der Waals surface area (Å²) in [6.07, 6.45) is 0. The smallest absolute Gasteiger partial charge is 0.325 e. The number of carbonyl (C=O) groups excluding carboxylic acids is 1. The number of rotatable bonds is 3. The maximum Gasteiger partial charge on any atom is 0.325 e. The van der Waals surface area contributed by atoms with E-state index >= 15 is 0 Å². The molecule has 0 aliphatic carbocycles. The quantitative estimate of drug-likeness (QED) is 0.762. The Morgan fingerprint density at radius 1 is 1.26 bits per heavy atom. The lowest BCUT2D eigenvalue weighted by molar-refractivity contribution is -0.141. The van der Waals surface area contributed by atoms with E-state index in [1.54, 1.807) is 0 Å². The lowest BCUT2D eigenvalue weighted by atomic mass is 9.94. The lowest BCUT2D eigenvalue weighted by Gasteiger charge is -2.37. The number of esters is 1. The van der Waals surface area contributed by atoms with Gasteiger partial charge in [0.1, 0.15) is 12.4 Å². The largest absolute Gasteiger partial charge is 0.468 e. The van der Waals surface area contributed by atoms with Crippen molar-refractivity contribution in [2.45, 2.75) is 13.0 Å². The van der Waals surface area contributed by atoms with Gasteiger partial charge in [-0.25, -0.2) is 4.99 Å². The molecule has 0 saturated heterocycles. The van der Waals surface area contributed by atoms with Crippen molar-refractivity contribution in [2.75, 3.05) is 13.7 Å². The van der Waals surface area contributed by atoms with Gasteiger partial charge in [0.2, 0.25) is 0 Å². The number of halogens is 1. The summed E-state index contributed by atoms with van der Waals surface area (Å²) < 4.78 is 5.84. The van der Waals surface area contributed by atoms with E-state index in [4.69, 9.17) is 4.74 Å². The second kappa shape index (κ2) is 6.54. The molecule has 4 nitrogen and oxygen atoms in total. The highest BCUT2D eigenvalue weighted by molar-refractivity contribution is 9.10. The third kappa shape index (κ3) is 3.15. The molecule has 0 amide bonds. The van der Waals surface area contributed by atoms with Gasteiger partial charge < -0.3 is 9.64 Å². The Kier molecular flexibility index (Phi) is 4.48. The topological polar surface area (TPSA) is 41.9 Å². The Labute approximate surface area is 143 Å². The normalized spacial score (nSPS) is 16.6. The zero-order valence-corrected chi connectivity index (χ0v) is 14.6. The third-order valence-electron chi connectivity index (χ3n) is 3.94. The summed E-state index contributed by atoms with van der Waals surface area (Å²) in [7, 11) is 1.40. The molecule has 0 spiro atoms. The first-order valence-electron chi connectivity index (χ1n) is 7.33. The van der Waals surface area contributed by atoms with Gasteiger partial charge in [0.15, 0.2) is 0 Å². The van der Waals surface area contributed by atoms with E-state index < -0.39 is 0 Å². The van der Waals surface area contributed by atoms with Crippen molar-refractivity contribution >= 4 is 33.4 Å². The molecule has 0 fully saturated rings. The first-order chi connectivity index (χ1) is 11.1. The predicted molar refractivity (Wildman–Crippen MR) is 93.9 cm³/mol. The SMILES string of the molecule is COC(=O)CN1C(C)=Nc2ccc(Br)cc2[C@H]1c1ccccc1. The minimum absolute atomic E-state index is 0.0692. The van der Waals surface area contributed by atoms with Gasteiger partial charge in [0.05, 0.1) is 18.8 Å². The van der Waals surface area contributed by atoms with E-state index in [2.05, 4.69) is 39.1 Å². The molecule has 118 valence electrons. The molecule has 1 aliphatic rings. The summed E-state index contributed by atoms with van der Waals surface area (Å²) >= 11 is 3.53. The molecule has 0 unspecified atom stereocenters. The lowest BCUT2D eigenvalue weighted by Crippen LogP contribution is -2.40. The number of hydrogen-bond donors (Lipinski definition) is 0. The monoisotopic (exact) mass is 372 g/mol. The van der Waals surface area contributed by atoms with E-state index in [0.717, 1.165) is 27.1 Å². The first kappa shape index (κ1) is 15.7. The maximum atomic E-state index is 11.9. The number of hydrogen-bond acceptors (Lipinski definition) is 4. The predicted octanol–water partition coefficient (Wildman–Crippen LogP) is 4.08. The summed E-state index contributed by atoms with van der Waals surface area (Å²) in [6, 6.07) is 16.1. The number of nitrogens with zero attached hydrogens (tertiary/aromatic N) is 2. The fraction of sp³-hybridized carbons (Fsp3) is 0.222. The second-order valence-corrected chi connectivity index (χ2v) is 6.30. The minimum atomic E-state index is -0.279. The molecule has 1 atom stereocenters. The molecule has 2 aromatic carbocycles. The summed E-state index contributed by atoms with van der Waals surface area (Å²) in [6.45, 7) is 2.08. The molecule has 2 aromatic rings. The van der Waals surface area contributed by atoms with Crippen LogP contribution in [0.5, 0.6) is 0 Å². The van der Waals surface area contributed by atoms with Crippen molar-refractivity contribution in [3.8, 4) is 0 Å². The minimum Gasteiger partial charge on any atom is -0.468 e. The number of aliphatic imine (C=N–C) groups is 1. The molecule has 23 heavy (non-hydrogen) atoms. The number of ether oxygens (including phenoxy) is 1. The zero-order chi connectivity index (χ0) is 16.4. The van der Waals surface area contributed by atoms with Crippen LogP contribution in [0.15, 0.2) is 58.0 Å². The molecule has 3 rings (SSSR count). The van der Waals surface area contributed by atoms with Gasteiger partial charge in [0, 0.05) is 10.0 Å². The van der Waals surface area contributed by atoms with E-state index in [1.165, 1.54) is 7.11 Å². The van der Waals surface area contributed by atoms with Gasteiger partial charge in [-0.15, -0.1) is 0 Å². The Bertz CT molecular complexity index is 759. The van der Waals surface area contributed by atoms with Crippen LogP contribution in [-0.4, -0.2) is 30.4 Å². The molecule has 0 aromatic heterocycles. The highest BCUT2D eigenvalue weighted by Crippen LogP contribution is 2.40. The Morgan fingerprint density at radius 2 is 2.00 bits per heavy atom. The summed E-state index contributed by atoms with van der Waals surface area (Å²) in [5, 5.41) is 0. The maximum absolute atomic E-state index is 11.9. The number of amidine groups is 1. The number of benzene rings is 2. The van der Waals surface area contributed by atoms with Crippen LogP contribution in [0.2, 0.25) is 0 Å². The third-order valence-corrected chi connectivity index (χ3v) is 4.43. The zero-order valence-electron chi connectivity index (χ0n) is 13.0. The van der Waals surface area contributed by atoms with E-state index in [0.29, 0.717) is 0 Å². The van der Waals surface area contributed by atoms with Crippen LogP contribution in [0.4, 0.5) is 5.69 Å². The molecular formula is C18H17BrN2O2. The van der Waals surface area contributed by atoms with Crippen molar-refractivity contribution in [2.24, 2.45) is 4.99 Å². The van der Waals surface area contributed by atoms with Crippen LogP contribution in [0.1, 0.15) is 24.1 Å². The fourth-order valence-electron chi connectivity index (χ4n) is 2.84. The van der Waals surface area contributed by atoms with Crippen LogP contribution < -0.4 is 0 Å². The summed E-state index contributed by atoms with van der Waals surface area (Å²) in [5.41, 5.74) is 3.12. The van der Waals surface area contributed by atoms with Crippen molar-refractivity contribution in [3.63, 3.8) is 0 Å². The second-order valence-electron chi connectivity index (χ2n) is 5.38. The molecule has 0 bridgehead atoms. The van der Waals surface area contributed by atoms with E-state index in [9.17, 15) is 4.79 Å². The van der Waals surface area contributed by atoms with Gasteiger partial charge in [-0.2, -0.15) is 0 Å². The summed E-state index contributed by atoms with van der Waals surface area (Å²) in [5.74, 6) is 0.526. The van der Waals surface area contributed by atoms with Gasteiger partial charge >= 0.3 is 5.97 Å². The van der Waals surface area contributed by atoms with Gasteiger partial charge in [-0.1, -0.05) is 46.3 Å². The van der Waals surface area contributed by atoms with Gasteiger partial charge in [-0.3, -0.25) is 4.79 Å². The highest BCUT2D eigenvalue weighted by Gasteiger charge is 2.31. The van der Waals surface area contributed by atoms with E-state index in [-0.39, 0.29) is 18.6 Å². The Hall–Kier alpha value is -2.14. The van der Waals surface area contributed by atoms with Gasteiger partial charge in [-0.05, 0) is 30.7 Å². The van der Waals surface area contributed by atoms with Crippen molar-refractivity contribution in [1.82, 2.24) is 4.90 Å². The Balaban J connectivity index is 2.13. The molecule has 5 heteroatoms. The van der Waals surface area contributed by atoms with Crippen LogP contribution in [0.3, 0.4) is 0 Å². The molecule has 1 aliphatic heterocycles. The van der Waals surface area contributed by atoms with Gasteiger partial charge in [0.25, 0.3) is 0 Å². The number of methoxy groups -OCH3 is 1. The average molecular weight is 373 g/mol.